The number of aliphatic hydroxyl groups excluding tert-OH is 1. The molecule has 2 rings (SSSR count). The fraction of sp³-hybridized carbons (Fsp3) is 0.294. The maximum absolute atomic E-state index is 9.88. The predicted molar refractivity (Wildman–Crippen MR) is 83.0 cm³/mol. The smallest absolute Gasteiger partial charge is 0.0992 e. The second kappa shape index (κ2) is 6.87. The van der Waals surface area contributed by atoms with Crippen molar-refractivity contribution in [1.29, 1.82) is 5.26 Å². The monoisotopic (exact) mass is 281 g/mol. The van der Waals surface area contributed by atoms with E-state index in [9.17, 15) is 5.11 Å². The molecule has 0 saturated heterocycles. The summed E-state index contributed by atoms with van der Waals surface area (Å²) in [6.07, 6.45) is 3.89. The van der Waals surface area contributed by atoms with Crippen LogP contribution in [0.3, 0.4) is 0 Å². The topological polar surface area (TPSA) is 60.1 Å². The van der Waals surface area contributed by atoms with E-state index in [4.69, 9.17) is 5.26 Å². The highest BCUT2D eigenvalue weighted by Gasteiger charge is 2.12. The average Bonchev–Trinajstić information content (AvgIpc) is 2.52. The number of aliphatic hydroxyl groups is 1. The van der Waals surface area contributed by atoms with Crippen molar-refractivity contribution in [1.82, 2.24) is 4.98 Å². The maximum Gasteiger partial charge on any atom is 0.0992 e. The van der Waals surface area contributed by atoms with Crippen LogP contribution >= 0.6 is 0 Å². The summed E-state index contributed by atoms with van der Waals surface area (Å²) < 4.78 is 0. The third-order valence-electron chi connectivity index (χ3n) is 3.51. The number of anilines is 1. The summed E-state index contributed by atoms with van der Waals surface area (Å²) in [4.78, 5) is 6.08. The molecule has 1 aromatic carbocycles. The van der Waals surface area contributed by atoms with Crippen molar-refractivity contribution in [3.63, 3.8) is 0 Å². The van der Waals surface area contributed by atoms with E-state index in [-0.39, 0.29) is 0 Å². The van der Waals surface area contributed by atoms with Gasteiger partial charge in [0, 0.05) is 37.2 Å². The Kier molecular flexibility index (Phi) is 4.91. The fourth-order valence-electron chi connectivity index (χ4n) is 2.26. The number of aromatic nitrogens is 1. The minimum Gasteiger partial charge on any atom is -0.389 e. The van der Waals surface area contributed by atoms with Gasteiger partial charge in [-0.1, -0.05) is 6.07 Å². The van der Waals surface area contributed by atoms with Crippen LogP contribution in [0.1, 0.15) is 29.7 Å². The quantitative estimate of drug-likeness (QED) is 0.915. The van der Waals surface area contributed by atoms with Gasteiger partial charge in [0.25, 0.3) is 0 Å². The van der Waals surface area contributed by atoms with E-state index in [0.717, 1.165) is 24.2 Å². The van der Waals surface area contributed by atoms with Crippen LogP contribution in [0, 0.1) is 11.3 Å². The van der Waals surface area contributed by atoms with Gasteiger partial charge in [-0.05, 0) is 43.2 Å². The zero-order valence-electron chi connectivity index (χ0n) is 12.3. The van der Waals surface area contributed by atoms with Gasteiger partial charge < -0.3 is 10.0 Å². The Bertz CT molecular complexity index is 632. The van der Waals surface area contributed by atoms with Gasteiger partial charge in [-0.25, -0.2) is 0 Å². The molecule has 1 atom stereocenters. The summed E-state index contributed by atoms with van der Waals surface area (Å²) in [5, 5.41) is 18.9. The lowest BCUT2D eigenvalue weighted by Gasteiger charge is -2.24. The maximum atomic E-state index is 9.88. The standard InChI is InChI=1S/C17H19N3O/c1-13(21)16-4-3-15(12-18)11-17(16)20(2)10-7-14-5-8-19-9-6-14/h3-6,8-9,11,13,21H,7,10H2,1-2H3. The van der Waals surface area contributed by atoms with E-state index in [1.165, 1.54) is 5.56 Å². The van der Waals surface area contributed by atoms with Gasteiger partial charge >= 0.3 is 0 Å². The lowest BCUT2D eigenvalue weighted by Crippen LogP contribution is -2.22. The molecule has 0 fully saturated rings. The molecule has 0 aliphatic heterocycles. The number of nitriles is 1. The van der Waals surface area contributed by atoms with Crippen molar-refractivity contribution >= 4 is 5.69 Å². The molecular weight excluding hydrogens is 262 g/mol. The molecule has 1 heterocycles. The zero-order chi connectivity index (χ0) is 15.2. The van der Waals surface area contributed by atoms with Crippen molar-refractivity contribution < 1.29 is 5.11 Å². The van der Waals surface area contributed by atoms with Crippen LogP contribution in [-0.4, -0.2) is 23.7 Å². The Labute approximate surface area is 125 Å². The van der Waals surface area contributed by atoms with Gasteiger partial charge in [0.05, 0.1) is 17.7 Å². The third kappa shape index (κ3) is 3.80. The first-order chi connectivity index (χ1) is 10.1. The van der Waals surface area contributed by atoms with Gasteiger partial charge in [0.2, 0.25) is 0 Å². The summed E-state index contributed by atoms with van der Waals surface area (Å²) in [7, 11) is 1.98. The second-order valence-corrected chi connectivity index (χ2v) is 5.09. The Balaban J connectivity index is 2.17. The Morgan fingerprint density at radius 1 is 1.29 bits per heavy atom. The molecule has 0 spiro atoms. The van der Waals surface area contributed by atoms with E-state index >= 15 is 0 Å². The summed E-state index contributed by atoms with van der Waals surface area (Å²) in [5.41, 5.74) is 3.56. The summed E-state index contributed by atoms with van der Waals surface area (Å²) in [6.45, 7) is 2.54. The molecule has 2 aromatic rings. The molecule has 0 radical (unpaired) electrons. The molecule has 4 heteroatoms. The molecule has 1 N–H and O–H groups in total. The van der Waals surface area contributed by atoms with Crippen molar-refractivity contribution in [2.24, 2.45) is 0 Å². The highest BCUT2D eigenvalue weighted by molar-refractivity contribution is 5.58. The molecule has 1 aromatic heterocycles. The molecule has 108 valence electrons. The zero-order valence-corrected chi connectivity index (χ0v) is 12.3. The van der Waals surface area contributed by atoms with Gasteiger partial charge in [-0.2, -0.15) is 5.26 Å². The second-order valence-electron chi connectivity index (χ2n) is 5.09. The molecular formula is C17H19N3O. The van der Waals surface area contributed by atoms with Crippen LogP contribution in [-0.2, 0) is 6.42 Å². The lowest BCUT2D eigenvalue weighted by atomic mass is 10.0. The molecule has 0 amide bonds. The molecule has 1 unspecified atom stereocenters. The molecule has 0 saturated carbocycles. The fourth-order valence-corrected chi connectivity index (χ4v) is 2.26. The lowest BCUT2D eigenvalue weighted by molar-refractivity contribution is 0.199. The van der Waals surface area contributed by atoms with Crippen LogP contribution in [0.25, 0.3) is 0 Å². The van der Waals surface area contributed by atoms with Crippen molar-refractivity contribution in [2.45, 2.75) is 19.4 Å². The molecule has 4 nitrogen and oxygen atoms in total. The predicted octanol–water partition coefficient (Wildman–Crippen LogP) is 2.69. The highest BCUT2D eigenvalue weighted by atomic mass is 16.3. The van der Waals surface area contributed by atoms with Crippen molar-refractivity contribution in [2.75, 3.05) is 18.5 Å². The van der Waals surface area contributed by atoms with Crippen molar-refractivity contribution in [3.05, 3.63) is 59.4 Å². The van der Waals surface area contributed by atoms with Crippen LogP contribution in [0.4, 0.5) is 5.69 Å². The van der Waals surface area contributed by atoms with Gasteiger partial charge in [0.1, 0.15) is 0 Å². The minimum atomic E-state index is -0.559. The highest BCUT2D eigenvalue weighted by Crippen LogP contribution is 2.27. The normalized spacial score (nSPS) is 11.7. The minimum absolute atomic E-state index is 0.559. The molecule has 0 aliphatic rings. The number of hydrogen-bond acceptors (Lipinski definition) is 4. The van der Waals surface area contributed by atoms with E-state index < -0.39 is 6.10 Å². The number of nitrogens with zero attached hydrogens (tertiary/aromatic N) is 3. The Hall–Kier alpha value is -2.38. The number of benzene rings is 1. The summed E-state index contributed by atoms with van der Waals surface area (Å²) in [6, 6.07) is 11.5. The third-order valence-corrected chi connectivity index (χ3v) is 3.51. The Morgan fingerprint density at radius 3 is 2.62 bits per heavy atom. The summed E-state index contributed by atoms with van der Waals surface area (Å²) in [5.74, 6) is 0. The molecule has 0 bridgehead atoms. The van der Waals surface area contributed by atoms with Gasteiger partial charge in [-0.3, -0.25) is 4.98 Å². The average molecular weight is 281 g/mol. The summed E-state index contributed by atoms with van der Waals surface area (Å²) >= 11 is 0. The van der Waals surface area contributed by atoms with Crippen molar-refractivity contribution in [3.8, 4) is 6.07 Å². The number of pyridine rings is 1. The van der Waals surface area contributed by atoms with E-state index in [1.807, 2.05) is 31.3 Å². The van der Waals surface area contributed by atoms with E-state index in [2.05, 4.69) is 16.0 Å². The first-order valence-corrected chi connectivity index (χ1v) is 6.94. The number of hydrogen-bond donors (Lipinski definition) is 1. The Morgan fingerprint density at radius 2 is 2.00 bits per heavy atom. The number of rotatable bonds is 5. The van der Waals surface area contributed by atoms with Crippen LogP contribution in [0.5, 0.6) is 0 Å². The van der Waals surface area contributed by atoms with E-state index in [0.29, 0.717) is 5.56 Å². The van der Waals surface area contributed by atoms with Crippen LogP contribution in [0.2, 0.25) is 0 Å². The SMILES string of the molecule is CC(O)c1ccc(C#N)cc1N(C)CCc1ccncc1. The van der Waals surface area contributed by atoms with Crippen LogP contribution < -0.4 is 4.90 Å². The molecule has 21 heavy (non-hydrogen) atoms. The first kappa shape index (κ1) is 15.0. The van der Waals surface area contributed by atoms with E-state index in [1.54, 1.807) is 25.4 Å². The molecule has 0 aliphatic carbocycles. The number of likely N-dealkylation sites (N-methyl/N-ethyl adjacent to an activating group) is 1. The van der Waals surface area contributed by atoms with Gasteiger partial charge in [-0.15, -0.1) is 0 Å². The first-order valence-electron chi connectivity index (χ1n) is 6.94. The van der Waals surface area contributed by atoms with Gasteiger partial charge in [0.15, 0.2) is 0 Å². The largest absolute Gasteiger partial charge is 0.389 e. The van der Waals surface area contributed by atoms with Crippen LogP contribution in [0.15, 0.2) is 42.7 Å².